The van der Waals surface area contributed by atoms with Crippen molar-refractivity contribution in [1.29, 1.82) is 0 Å². The molecule has 0 saturated heterocycles. The van der Waals surface area contributed by atoms with Crippen LogP contribution in [0.5, 0.6) is 0 Å². The standard InChI is InChI=1S/C15H22N2O/c1-15(2)10-6-5-7-11(15)14(18)17-13-9-4-3-8-12(13)16/h3-4,8-9,11H,5-7,10,16H2,1-2H3,(H,17,18). The first-order valence-electron chi connectivity index (χ1n) is 6.66. The van der Waals surface area contributed by atoms with Crippen molar-refractivity contribution in [3.63, 3.8) is 0 Å². The number of anilines is 2. The lowest BCUT2D eigenvalue weighted by Crippen LogP contribution is -2.37. The largest absolute Gasteiger partial charge is 0.397 e. The van der Waals surface area contributed by atoms with Crippen molar-refractivity contribution in [1.82, 2.24) is 0 Å². The molecule has 98 valence electrons. The Hall–Kier alpha value is -1.51. The van der Waals surface area contributed by atoms with Gasteiger partial charge in [-0.1, -0.05) is 38.8 Å². The number of para-hydroxylation sites is 2. The Morgan fingerprint density at radius 1 is 1.33 bits per heavy atom. The predicted octanol–water partition coefficient (Wildman–Crippen LogP) is 3.42. The zero-order chi connectivity index (χ0) is 13.2. The highest BCUT2D eigenvalue weighted by molar-refractivity contribution is 5.95. The van der Waals surface area contributed by atoms with Crippen LogP contribution in [0.15, 0.2) is 24.3 Å². The summed E-state index contributed by atoms with van der Waals surface area (Å²) >= 11 is 0. The third kappa shape index (κ3) is 2.66. The second-order valence-corrected chi connectivity index (χ2v) is 5.86. The zero-order valence-corrected chi connectivity index (χ0v) is 11.2. The zero-order valence-electron chi connectivity index (χ0n) is 11.2. The summed E-state index contributed by atoms with van der Waals surface area (Å²) in [5, 5.41) is 2.97. The minimum atomic E-state index is 0.0888. The number of carbonyl (C=O) groups excluding carboxylic acids is 1. The van der Waals surface area contributed by atoms with Gasteiger partial charge in [0.15, 0.2) is 0 Å². The van der Waals surface area contributed by atoms with Crippen LogP contribution in [0.3, 0.4) is 0 Å². The second kappa shape index (κ2) is 5.01. The monoisotopic (exact) mass is 246 g/mol. The number of benzene rings is 1. The van der Waals surface area contributed by atoms with Gasteiger partial charge in [0, 0.05) is 5.92 Å². The van der Waals surface area contributed by atoms with Crippen LogP contribution in [0.2, 0.25) is 0 Å². The van der Waals surface area contributed by atoms with Gasteiger partial charge in [-0.15, -0.1) is 0 Å². The Morgan fingerprint density at radius 2 is 2.06 bits per heavy atom. The summed E-state index contributed by atoms with van der Waals surface area (Å²) < 4.78 is 0. The molecule has 3 heteroatoms. The van der Waals surface area contributed by atoms with E-state index >= 15 is 0 Å². The van der Waals surface area contributed by atoms with Gasteiger partial charge in [-0.3, -0.25) is 4.79 Å². The maximum absolute atomic E-state index is 12.4. The van der Waals surface area contributed by atoms with E-state index in [0.717, 1.165) is 24.9 Å². The molecule has 3 nitrogen and oxygen atoms in total. The first-order chi connectivity index (χ1) is 8.50. The smallest absolute Gasteiger partial charge is 0.228 e. The van der Waals surface area contributed by atoms with Gasteiger partial charge in [-0.2, -0.15) is 0 Å². The van der Waals surface area contributed by atoms with E-state index in [9.17, 15) is 4.79 Å². The van der Waals surface area contributed by atoms with E-state index in [1.807, 2.05) is 24.3 Å². The molecule has 1 atom stereocenters. The summed E-state index contributed by atoms with van der Waals surface area (Å²) in [7, 11) is 0. The number of nitrogens with one attached hydrogen (secondary N) is 1. The lowest BCUT2D eigenvalue weighted by atomic mass is 9.68. The van der Waals surface area contributed by atoms with Crippen LogP contribution in [0.25, 0.3) is 0 Å². The van der Waals surface area contributed by atoms with E-state index in [-0.39, 0.29) is 17.2 Å². The molecule has 2 rings (SSSR count). The lowest BCUT2D eigenvalue weighted by Gasteiger charge is -2.37. The van der Waals surface area contributed by atoms with Crippen LogP contribution in [-0.2, 0) is 4.79 Å². The highest BCUT2D eigenvalue weighted by Gasteiger charge is 2.37. The maximum Gasteiger partial charge on any atom is 0.228 e. The van der Waals surface area contributed by atoms with Crippen molar-refractivity contribution >= 4 is 17.3 Å². The van der Waals surface area contributed by atoms with E-state index in [4.69, 9.17) is 5.73 Å². The van der Waals surface area contributed by atoms with E-state index in [1.54, 1.807) is 0 Å². The van der Waals surface area contributed by atoms with Crippen LogP contribution >= 0.6 is 0 Å². The SMILES string of the molecule is CC1(C)CCCCC1C(=O)Nc1ccccc1N. The summed E-state index contributed by atoms with van der Waals surface area (Å²) in [5.41, 5.74) is 7.29. The van der Waals surface area contributed by atoms with Crippen LogP contribution < -0.4 is 11.1 Å². The molecule has 1 aromatic rings. The van der Waals surface area contributed by atoms with E-state index in [1.165, 1.54) is 6.42 Å². The van der Waals surface area contributed by atoms with Gasteiger partial charge in [0.2, 0.25) is 5.91 Å². The summed E-state index contributed by atoms with van der Waals surface area (Å²) in [6.07, 6.45) is 4.47. The Labute approximate surface area is 109 Å². The molecule has 0 aliphatic heterocycles. The molecule has 0 aromatic heterocycles. The average molecular weight is 246 g/mol. The molecule has 1 saturated carbocycles. The Bertz CT molecular complexity index is 440. The molecular formula is C15H22N2O. The average Bonchev–Trinajstić information content (AvgIpc) is 2.31. The number of carbonyl (C=O) groups is 1. The number of rotatable bonds is 2. The van der Waals surface area contributed by atoms with E-state index < -0.39 is 0 Å². The van der Waals surface area contributed by atoms with Crippen molar-refractivity contribution in [3.8, 4) is 0 Å². The highest BCUT2D eigenvalue weighted by Crippen LogP contribution is 2.41. The number of nitrogen functional groups attached to an aromatic ring is 1. The van der Waals surface area contributed by atoms with E-state index in [0.29, 0.717) is 5.69 Å². The van der Waals surface area contributed by atoms with Gasteiger partial charge in [0.25, 0.3) is 0 Å². The summed E-state index contributed by atoms with van der Waals surface area (Å²) in [4.78, 5) is 12.4. The molecule has 1 fully saturated rings. The number of amides is 1. The van der Waals surface area contributed by atoms with Gasteiger partial charge in [-0.05, 0) is 30.4 Å². The fraction of sp³-hybridized carbons (Fsp3) is 0.533. The lowest BCUT2D eigenvalue weighted by molar-refractivity contribution is -0.124. The van der Waals surface area contributed by atoms with Gasteiger partial charge in [0.05, 0.1) is 11.4 Å². The van der Waals surface area contributed by atoms with Crippen LogP contribution in [0, 0.1) is 11.3 Å². The molecule has 0 radical (unpaired) electrons. The van der Waals surface area contributed by atoms with Gasteiger partial charge in [0.1, 0.15) is 0 Å². The first-order valence-corrected chi connectivity index (χ1v) is 6.66. The molecule has 0 heterocycles. The molecule has 18 heavy (non-hydrogen) atoms. The molecule has 1 aliphatic rings. The third-order valence-electron chi connectivity index (χ3n) is 4.04. The predicted molar refractivity (Wildman–Crippen MR) is 75.2 cm³/mol. The van der Waals surface area contributed by atoms with Crippen LogP contribution in [0.4, 0.5) is 11.4 Å². The first kappa shape index (κ1) is 12.9. The number of hydrogen-bond acceptors (Lipinski definition) is 2. The van der Waals surface area contributed by atoms with Crippen molar-refractivity contribution in [2.45, 2.75) is 39.5 Å². The van der Waals surface area contributed by atoms with Gasteiger partial charge in [-0.25, -0.2) is 0 Å². The molecule has 1 aliphatic carbocycles. The fourth-order valence-corrected chi connectivity index (χ4v) is 2.81. The molecule has 1 unspecified atom stereocenters. The van der Waals surface area contributed by atoms with Crippen LogP contribution in [-0.4, -0.2) is 5.91 Å². The highest BCUT2D eigenvalue weighted by atomic mass is 16.1. The molecular weight excluding hydrogens is 224 g/mol. The molecule has 0 spiro atoms. The topological polar surface area (TPSA) is 55.1 Å². The number of hydrogen-bond donors (Lipinski definition) is 2. The second-order valence-electron chi connectivity index (χ2n) is 5.86. The quantitative estimate of drug-likeness (QED) is 0.785. The normalized spacial score (nSPS) is 22.4. The maximum atomic E-state index is 12.4. The minimum absolute atomic E-state index is 0.0888. The van der Waals surface area contributed by atoms with Crippen molar-refractivity contribution < 1.29 is 4.79 Å². The Kier molecular flexibility index (Phi) is 3.60. The van der Waals surface area contributed by atoms with Crippen molar-refractivity contribution in [2.24, 2.45) is 11.3 Å². The number of nitrogens with two attached hydrogens (primary N) is 1. The molecule has 1 aromatic carbocycles. The van der Waals surface area contributed by atoms with Crippen molar-refractivity contribution in [3.05, 3.63) is 24.3 Å². The molecule has 0 bridgehead atoms. The van der Waals surface area contributed by atoms with Crippen molar-refractivity contribution in [2.75, 3.05) is 11.1 Å². The summed E-state index contributed by atoms with van der Waals surface area (Å²) in [5.74, 6) is 0.198. The fourth-order valence-electron chi connectivity index (χ4n) is 2.81. The third-order valence-corrected chi connectivity index (χ3v) is 4.04. The van der Waals surface area contributed by atoms with E-state index in [2.05, 4.69) is 19.2 Å². The molecule has 3 N–H and O–H groups in total. The minimum Gasteiger partial charge on any atom is -0.397 e. The van der Waals surface area contributed by atoms with Gasteiger partial charge >= 0.3 is 0 Å². The Morgan fingerprint density at radius 3 is 2.72 bits per heavy atom. The van der Waals surface area contributed by atoms with Crippen LogP contribution in [0.1, 0.15) is 39.5 Å². The Balaban J connectivity index is 2.10. The summed E-state index contributed by atoms with van der Waals surface area (Å²) in [6.45, 7) is 4.37. The molecule has 1 amide bonds. The van der Waals surface area contributed by atoms with Gasteiger partial charge < -0.3 is 11.1 Å². The summed E-state index contributed by atoms with van der Waals surface area (Å²) in [6, 6.07) is 7.41.